The van der Waals surface area contributed by atoms with Crippen LogP contribution in [0.3, 0.4) is 0 Å². The van der Waals surface area contributed by atoms with E-state index in [1.807, 2.05) is 33.4 Å². The van der Waals surface area contributed by atoms with Gasteiger partial charge in [-0.15, -0.1) is 12.8 Å². The smallest absolute Gasteiger partial charge is 0.350 e. The quantitative estimate of drug-likeness (QED) is 0.520. The summed E-state index contributed by atoms with van der Waals surface area (Å²) in [6.45, 7) is 9.54. The first kappa shape index (κ1) is 17.0. The van der Waals surface area contributed by atoms with Crippen molar-refractivity contribution < 1.29 is 8.85 Å². The highest BCUT2D eigenvalue weighted by Gasteiger charge is 2.27. The summed E-state index contributed by atoms with van der Waals surface area (Å²) in [5.41, 5.74) is 0.748. The first-order valence-electron chi connectivity index (χ1n) is 6.24. The maximum atomic E-state index is 5.87. The lowest BCUT2D eigenvalue weighted by Gasteiger charge is -2.29. The Morgan fingerprint density at radius 1 is 1.06 bits per heavy atom. The van der Waals surface area contributed by atoms with Gasteiger partial charge in [-0.3, -0.25) is 0 Å². The van der Waals surface area contributed by atoms with Crippen LogP contribution in [0.25, 0.3) is 0 Å². The van der Waals surface area contributed by atoms with Gasteiger partial charge in [0.05, 0.1) is 0 Å². The maximum absolute atomic E-state index is 5.87. The van der Waals surface area contributed by atoms with E-state index in [4.69, 9.17) is 21.7 Å². The molecule has 0 rings (SSSR count). The zero-order valence-corrected chi connectivity index (χ0v) is 13.3. The minimum Gasteiger partial charge on any atom is -0.377 e. The third-order valence-electron chi connectivity index (χ3n) is 2.27. The molecule has 0 bridgehead atoms. The summed E-state index contributed by atoms with van der Waals surface area (Å²) in [6.07, 6.45) is 15.0. The van der Waals surface area contributed by atoms with Crippen molar-refractivity contribution in [2.24, 2.45) is 0 Å². The summed E-state index contributed by atoms with van der Waals surface area (Å²) in [5, 5.41) is 0. The van der Waals surface area contributed by atoms with Gasteiger partial charge in [0.1, 0.15) is 11.2 Å². The molecular formula is C15H24O2Si. The zero-order chi connectivity index (χ0) is 14.2. The van der Waals surface area contributed by atoms with Crippen molar-refractivity contribution in [3.8, 4) is 24.7 Å². The normalized spacial score (nSPS) is 12.7. The second-order valence-electron chi connectivity index (χ2n) is 5.13. The Morgan fingerprint density at radius 2 is 1.50 bits per heavy atom. The highest BCUT2D eigenvalue weighted by Crippen LogP contribution is 2.16. The Balaban J connectivity index is 4.75. The Labute approximate surface area is 114 Å². The molecule has 0 aromatic rings. The largest absolute Gasteiger partial charge is 0.377 e. The van der Waals surface area contributed by atoms with E-state index in [9.17, 15) is 0 Å². The molecule has 0 aromatic carbocycles. The molecule has 0 N–H and O–H groups in total. The number of hydrogen-bond acceptors (Lipinski definition) is 2. The molecular weight excluding hydrogens is 240 g/mol. The van der Waals surface area contributed by atoms with Gasteiger partial charge >= 0.3 is 9.28 Å². The summed E-state index contributed by atoms with van der Waals surface area (Å²) in [5.74, 6) is 5.23. The number of hydrogen-bond donors (Lipinski definition) is 0. The summed E-state index contributed by atoms with van der Waals surface area (Å²) in [6, 6.07) is 0. The highest BCUT2D eigenvalue weighted by atomic mass is 28.3. The standard InChI is InChI=1S/C15H24O2Si/c1-8-11-12-13-18(16-14(4,5)9-2)17-15(6,7)10-3/h2-3,12-13,18H,8,11H2,1,4-7H3. The molecule has 2 nitrogen and oxygen atoms in total. The van der Waals surface area contributed by atoms with Crippen LogP contribution in [0.1, 0.15) is 47.5 Å². The van der Waals surface area contributed by atoms with Gasteiger partial charge in [0, 0.05) is 0 Å². The number of unbranched alkanes of at least 4 members (excludes halogenated alkanes) is 1. The van der Waals surface area contributed by atoms with E-state index in [0.717, 1.165) is 12.8 Å². The predicted molar refractivity (Wildman–Crippen MR) is 79.2 cm³/mol. The topological polar surface area (TPSA) is 18.5 Å². The zero-order valence-electron chi connectivity index (χ0n) is 12.1. The van der Waals surface area contributed by atoms with E-state index in [2.05, 4.69) is 24.8 Å². The molecule has 0 aliphatic heterocycles. The summed E-state index contributed by atoms with van der Waals surface area (Å²) < 4.78 is 11.7. The second kappa shape index (κ2) is 7.44. The predicted octanol–water partition coefficient (Wildman–Crippen LogP) is 2.96. The third-order valence-corrected chi connectivity index (χ3v) is 4.49. The molecule has 18 heavy (non-hydrogen) atoms. The SMILES string of the molecule is C#CC(C)(C)O[SiH](C=CCCC)OC(C)(C)C#C. The molecule has 0 spiro atoms. The Bertz CT molecular complexity index is 328. The van der Waals surface area contributed by atoms with Crippen LogP contribution in [0.4, 0.5) is 0 Å². The van der Waals surface area contributed by atoms with Crippen molar-refractivity contribution in [3.63, 3.8) is 0 Å². The average Bonchev–Trinajstić information content (AvgIpc) is 2.28. The molecule has 0 saturated carbocycles. The van der Waals surface area contributed by atoms with E-state index >= 15 is 0 Å². The van der Waals surface area contributed by atoms with E-state index in [-0.39, 0.29) is 0 Å². The van der Waals surface area contributed by atoms with Crippen LogP contribution in [0.15, 0.2) is 11.8 Å². The van der Waals surface area contributed by atoms with Crippen LogP contribution < -0.4 is 0 Å². The van der Waals surface area contributed by atoms with E-state index < -0.39 is 20.5 Å². The molecule has 0 aromatic heterocycles. The van der Waals surface area contributed by atoms with Gasteiger partial charge in [-0.1, -0.05) is 31.3 Å². The fourth-order valence-corrected chi connectivity index (χ4v) is 3.04. The first-order valence-corrected chi connectivity index (χ1v) is 7.85. The van der Waals surface area contributed by atoms with Crippen molar-refractivity contribution in [3.05, 3.63) is 11.8 Å². The van der Waals surface area contributed by atoms with Gasteiger partial charge in [0.25, 0.3) is 0 Å². The molecule has 0 saturated heterocycles. The van der Waals surface area contributed by atoms with Gasteiger partial charge in [-0.2, -0.15) is 0 Å². The van der Waals surface area contributed by atoms with Crippen LogP contribution in [-0.4, -0.2) is 20.5 Å². The number of allylic oxidation sites excluding steroid dienone is 1. The van der Waals surface area contributed by atoms with E-state index in [1.54, 1.807) is 0 Å². The third kappa shape index (κ3) is 7.35. The number of rotatable bonds is 7. The molecule has 0 aliphatic rings. The van der Waals surface area contributed by atoms with Gasteiger partial charge < -0.3 is 8.85 Å². The molecule has 3 heteroatoms. The summed E-state index contributed by atoms with van der Waals surface area (Å²) in [4.78, 5) is 0. The van der Waals surface area contributed by atoms with Crippen LogP contribution in [0.2, 0.25) is 0 Å². The molecule has 0 aliphatic carbocycles. The molecule has 0 unspecified atom stereocenters. The Hall–Kier alpha value is -1.00. The molecule has 0 fully saturated rings. The Morgan fingerprint density at radius 3 is 1.83 bits per heavy atom. The molecule has 0 atom stereocenters. The summed E-state index contributed by atoms with van der Waals surface area (Å²) >= 11 is 0. The lowest BCUT2D eigenvalue weighted by Crippen LogP contribution is -2.39. The van der Waals surface area contributed by atoms with Crippen molar-refractivity contribution >= 4 is 9.28 Å². The van der Waals surface area contributed by atoms with Gasteiger partial charge in [0.15, 0.2) is 0 Å². The minimum atomic E-state index is -2.02. The van der Waals surface area contributed by atoms with Crippen molar-refractivity contribution in [2.75, 3.05) is 0 Å². The molecule has 0 amide bonds. The van der Waals surface area contributed by atoms with Crippen molar-refractivity contribution in [1.29, 1.82) is 0 Å². The fourth-order valence-electron chi connectivity index (χ4n) is 1.13. The van der Waals surface area contributed by atoms with Crippen LogP contribution in [0.5, 0.6) is 0 Å². The second-order valence-corrected chi connectivity index (χ2v) is 6.72. The van der Waals surface area contributed by atoms with Gasteiger partial charge in [-0.05, 0) is 39.8 Å². The van der Waals surface area contributed by atoms with Gasteiger partial charge in [0.2, 0.25) is 0 Å². The summed E-state index contributed by atoms with van der Waals surface area (Å²) in [7, 11) is -2.02. The fraction of sp³-hybridized carbons (Fsp3) is 0.600. The maximum Gasteiger partial charge on any atom is 0.350 e. The van der Waals surface area contributed by atoms with Crippen LogP contribution in [-0.2, 0) is 8.85 Å². The lowest BCUT2D eigenvalue weighted by atomic mass is 10.2. The van der Waals surface area contributed by atoms with Crippen LogP contribution >= 0.6 is 0 Å². The monoisotopic (exact) mass is 264 g/mol. The number of terminal acetylenes is 2. The van der Waals surface area contributed by atoms with E-state index in [1.165, 1.54) is 0 Å². The molecule has 100 valence electrons. The minimum absolute atomic E-state index is 0.627. The van der Waals surface area contributed by atoms with E-state index in [0.29, 0.717) is 0 Å². The molecule has 0 radical (unpaired) electrons. The van der Waals surface area contributed by atoms with Gasteiger partial charge in [-0.25, -0.2) is 0 Å². The molecule has 0 heterocycles. The first-order chi connectivity index (χ1) is 8.26. The van der Waals surface area contributed by atoms with Crippen molar-refractivity contribution in [1.82, 2.24) is 0 Å². The van der Waals surface area contributed by atoms with Crippen molar-refractivity contribution in [2.45, 2.75) is 58.7 Å². The average molecular weight is 264 g/mol. The van der Waals surface area contributed by atoms with Crippen LogP contribution in [0, 0.1) is 24.7 Å². The lowest BCUT2D eigenvalue weighted by molar-refractivity contribution is 0.0757. The highest BCUT2D eigenvalue weighted by molar-refractivity contribution is 6.51. The Kier molecular flexibility index (Phi) is 7.02.